The van der Waals surface area contributed by atoms with Crippen molar-refractivity contribution in [3.8, 4) is 44.5 Å². The molecule has 1 heteroatoms. The van der Waals surface area contributed by atoms with Crippen LogP contribution in [0, 0.1) is 0 Å². The molecule has 1 nitrogen and oxygen atoms in total. The van der Waals surface area contributed by atoms with Gasteiger partial charge < -0.3 is 4.90 Å². The Bertz CT molecular complexity index is 3140. The number of anilines is 3. The summed E-state index contributed by atoms with van der Waals surface area (Å²) in [5.41, 5.74) is 19.8. The summed E-state index contributed by atoms with van der Waals surface area (Å²) in [6, 6.07) is 70.9. The van der Waals surface area contributed by atoms with Crippen LogP contribution < -0.4 is 4.90 Å². The summed E-state index contributed by atoms with van der Waals surface area (Å²) in [7, 11) is 0. The molecule has 0 aromatic heterocycles. The second-order valence-corrected chi connectivity index (χ2v) is 17.6. The molecular weight excluding hydrogens is 711 g/mol. The highest BCUT2D eigenvalue weighted by molar-refractivity contribution is 6.12. The zero-order valence-corrected chi connectivity index (χ0v) is 33.7. The maximum absolute atomic E-state index is 2.55. The third kappa shape index (κ3) is 4.98. The molecule has 59 heavy (non-hydrogen) atoms. The Morgan fingerprint density at radius 2 is 0.966 bits per heavy atom. The van der Waals surface area contributed by atoms with Gasteiger partial charge in [-0.25, -0.2) is 0 Å². The number of fused-ring (bicyclic) bond motifs is 11. The van der Waals surface area contributed by atoms with E-state index in [1.54, 1.807) is 0 Å². The zero-order valence-electron chi connectivity index (χ0n) is 33.7. The maximum atomic E-state index is 2.55. The first-order valence-electron chi connectivity index (χ1n) is 21.4. The highest BCUT2D eigenvalue weighted by Crippen LogP contribution is 2.59. The van der Waals surface area contributed by atoms with E-state index in [0.29, 0.717) is 0 Å². The summed E-state index contributed by atoms with van der Waals surface area (Å²) in [6.45, 7) is 4.80. The average molecular weight is 756 g/mol. The van der Waals surface area contributed by atoms with E-state index in [1.165, 1.54) is 125 Å². The Balaban J connectivity index is 1.06. The molecule has 0 bridgehead atoms. The summed E-state index contributed by atoms with van der Waals surface area (Å²) in [5, 5.41) is 5.14. The van der Waals surface area contributed by atoms with Crippen molar-refractivity contribution >= 4 is 38.6 Å². The summed E-state index contributed by atoms with van der Waals surface area (Å²) in [4.78, 5) is 2.54. The fourth-order valence-corrected chi connectivity index (χ4v) is 11.6. The van der Waals surface area contributed by atoms with Crippen LogP contribution in [0.3, 0.4) is 0 Å². The van der Waals surface area contributed by atoms with Crippen molar-refractivity contribution in [2.45, 2.75) is 50.4 Å². The molecule has 1 fully saturated rings. The molecule has 1 spiro atoms. The van der Waals surface area contributed by atoms with E-state index >= 15 is 0 Å². The molecule has 9 aromatic rings. The van der Waals surface area contributed by atoms with Crippen molar-refractivity contribution in [2.24, 2.45) is 0 Å². The van der Waals surface area contributed by atoms with Gasteiger partial charge >= 0.3 is 0 Å². The first kappa shape index (κ1) is 34.4. The van der Waals surface area contributed by atoms with Gasteiger partial charge in [0.05, 0.1) is 5.69 Å². The van der Waals surface area contributed by atoms with Crippen LogP contribution in [-0.2, 0) is 10.8 Å². The van der Waals surface area contributed by atoms with Gasteiger partial charge in [0.2, 0.25) is 0 Å². The van der Waals surface area contributed by atoms with Crippen LogP contribution in [0.15, 0.2) is 188 Å². The molecule has 0 atom stereocenters. The lowest BCUT2D eigenvalue weighted by Gasteiger charge is -2.32. The largest absolute Gasteiger partial charge is 0.310 e. The highest BCUT2D eigenvalue weighted by Gasteiger charge is 2.45. The molecule has 3 aliphatic carbocycles. The SMILES string of the molecule is CC1(C)c2ccccc2-c2cccc(-c3ccccc3N(c3ccc(-c4cccc5c4ccc4ccccc45)cc3)c3ccc4c(c3)C3(CCCC3)c3ccccc3-4)c21. The van der Waals surface area contributed by atoms with Gasteiger partial charge in [-0.15, -0.1) is 0 Å². The lowest BCUT2D eigenvalue weighted by atomic mass is 9.76. The highest BCUT2D eigenvalue weighted by atomic mass is 15.1. The van der Waals surface area contributed by atoms with E-state index in [0.717, 1.165) is 5.69 Å². The van der Waals surface area contributed by atoms with Crippen LogP contribution in [0.2, 0.25) is 0 Å². The molecular formula is C58H45N. The van der Waals surface area contributed by atoms with Crippen molar-refractivity contribution in [1.82, 2.24) is 0 Å². The van der Waals surface area contributed by atoms with Crippen molar-refractivity contribution in [3.63, 3.8) is 0 Å². The summed E-state index contributed by atoms with van der Waals surface area (Å²) in [6.07, 6.45) is 4.95. The second kappa shape index (κ2) is 12.9. The van der Waals surface area contributed by atoms with Crippen LogP contribution in [0.5, 0.6) is 0 Å². The zero-order chi connectivity index (χ0) is 39.3. The van der Waals surface area contributed by atoms with Crippen molar-refractivity contribution in [2.75, 3.05) is 4.90 Å². The van der Waals surface area contributed by atoms with Gasteiger partial charge in [-0.1, -0.05) is 184 Å². The maximum Gasteiger partial charge on any atom is 0.0540 e. The molecule has 1 saturated carbocycles. The first-order chi connectivity index (χ1) is 29.0. The number of hydrogen-bond acceptors (Lipinski definition) is 1. The molecule has 282 valence electrons. The fourth-order valence-electron chi connectivity index (χ4n) is 11.6. The van der Waals surface area contributed by atoms with E-state index in [4.69, 9.17) is 0 Å². The van der Waals surface area contributed by atoms with Crippen LogP contribution in [0.4, 0.5) is 17.1 Å². The molecule has 0 N–H and O–H groups in total. The summed E-state index contributed by atoms with van der Waals surface area (Å²) < 4.78 is 0. The minimum atomic E-state index is -0.139. The van der Waals surface area contributed by atoms with E-state index < -0.39 is 0 Å². The van der Waals surface area contributed by atoms with E-state index in [9.17, 15) is 0 Å². The van der Waals surface area contributed by atoms with Gasteiger partial charge in [-0.2, -0.15) is 0 Å². The Morgan fingerprint density at radius 3 is 1.78 bits per heavy atom. The van der Waals surface area contributed by atoms with Gasteiger partial charge in [0.15, 0.2) is 0 Å². The topological polar surface area (TPSA) is 3.24 Å². The Morgan fingerprint density at radius 1 is 0.390 bits per heavy atom. The predicted molar refractivity (Wildman–Crippen MR) is 249 cm³/mol. The van der Waals surface area contributed by atoms with Crippen LogP contribution in [0.25, 0.3) is 66.1 Å². The molecule has 0 radical (unpaired) electrons. The van der Waals surface area contributed by atoms with E-state index in [1.807, 2.05) is 0 Å². The van der Waals surface area contributed by atoms with Crippen molar-refractivity contribution in [3.05, 3.63) is 210 Å². The molecule has 0 amide bonds. The second-order valence-electron chi connectivity index (χ2n) is 17.6. The smallest absolute Gasteiger partial charge is 0.0540 e. The van der Waals surface area contributed by atoms with Crippen LogP contribution in [-0.4, -0.2) is 0 Å². The quantitative estimate of drug-likeness (QED) is 0.158. The molecule has 0 aliphatic heterocycles. The molecule has 3 aliphatic rings. The Kier molecular flexibility index (Phi) is 7.51. The molecule has 9 aromatic carbocycles. The van der Waals surface area contributed by atoms with E-state index in [-0.39, 0.29) is 10.8 Å². The number of benzene rings is 9. The van der Waals surface area contributed by atoms with E-state index in [2.05, 4.69) is 207 Å². The predicted octanol–water partition coefficient (Wildman–Crippen LogP) is 15.9. The molecule has 0 unspecified atom stereocenters. The van der Waals surface area contributed by atoms with Crippen LogP contribution in [0.1, 0.15) is 61.8 Å². The van der Waals surface area contributed by atoms with Crippen LogP contribution >= 0.6 is 0 Å². The molecule has 12 rings (SSSR count). The Labute approximate surface area is 347 Å². The number of nitrogens with zero attached hydrogens (tertiary/aromatic N) is 1. The summed E-state index contributed by atoms with van der Waals surface area (Å²) in [5.74, 6) is 0. The van der Waals surface area contributed by atoms with Gasteiger partial charge in [-0.05, 0) is 126 Å². The number of rotatable bonds is 5. The average Bonchev–Trinajstić information content (AvgIpc) is 3.96. The lowest BCUT2D eigenvalue weighted by Crippen LogP contribution is -2.21. The third-order valence-corrected chi connectivity index (χ3v) is 14.2. The van der Waals surface area contributed by atoms with Crippen molar-refractivity contribution in [1.29, 1.82) is 0 Å². The van der Waals surface area contributed by atoms with Gasteiger partial charge in [0.25, 0.3) is 0 Å². The lowest BCUT2D eigenvalue weighted by molar-refractivity contribution is 0.550. The van der Waals surface area contributed by atoms with Gasteiger partial charge in [0, 0.05) is 27.8 Å². The van der Waals surface area contributed by atoms with Crippen molar-refractivity contribution < 1.29 is 0 Å². The standard InChI is InChI=1S/C58H45N/c1-57(2)52-24-8-5-18-47(52)50-22-14-23-51(56(50)57)49-19-7-10-26-55(49)59(41-32-34-48-46-17-6-9-25-53(46)58(54(48)37-41)35-11-12-36-58)40-30-27-39(28-31-40)43-20-13-21-44-42-16-4-3-15-38(42)29-33-45(43)44/h3-10,13-34,37H,11-12,35-36H2,1-2H3. The van der Waals surface area contributed by atoms with Gasteiger partial charge in [0.1, 0.15) is 0 Å². The molecule has 0 saturated heterocycles. The Hall–Kier alpha value is -6.70. The molecule has 0 heterocycles. The number of para-hydroxylation sites is 1. The monoisotopic (exact) mass is 755 g/mol. The fraction of sp³-hybridized carbons (Fsp3) is 0.138. The third-order valence-electron chi connectivity index (χ3n) is 14.2. The first-order valence-corrected chi connectivity index (χ1v) is 21.4. The normalized spacial score (nSPS) is 15.3. The number of hydrogen-bond donors (Lipinski definition) is 0. The summed E-state index contributed by atoms with van der Waals surface area (Å²) >= 11 is 0. The minimum absolute atomic E-state index is 0.0750. The van der Waals surface area contributed by atoms with Gasteiger partial charge in [-0.3, -0.25) is 0 Å². The minimum Gasteiger partial charge on any atom is -0.310 e.